The van der Waals surface area contributed by atoms with E-state index in [-0.39, 0.29) is 5.41 Å². The maximum Gasteiger partial charge on any atom is 0.0169 e. The Labute approximate surface area is 206 Å². The summed E-state index contributed by atoms with van der Waals surface area (Å²) < 4.78 is 0. The lowest BCUT2D eigenvalue weighted by molar-refractivity contribution is 0.461. The molecular formula is C32H48S. The fourth-order valence-corrected chi connectivity index (χ4v) is 11.9. The van der Waals surface area contributed by atoms with Crippen LogP contribution in [-0.2, 0) is 11.8 Å². The summed E-state index contributed by atoms with van der Waals surface area (Å²) in [4.78, 5) is 0. The molecule has 2 aliphatic carbocycles. The van der Waals surface area contributed by atoms with Gasteiger partial charge >= 0.3 is 0 Å². The Kier molecular flexibility index (Phi) is 7.13. The molecule has 5 unspecified atom stereocenters. The molecule has 33 heavy (non-hydrogen) atoms. The second-order valence-corrected chi connectivity index (χ2v) is 16.9. The van der Waals surface area contributed by atoms with E-state index in [1.807, 2.05) is 0 Å². The molecule has 4 rings (SSSR count). The molecule has 182 valence electrons. The number of hydrogen-bond donors (Lipinski definition) is 0. The molecule has 2 aromatic rings. The van der Waals surface area contributed by atoms with E-state index in [1.165, 1.54) is 55.2 Å². The Balaban J connectivity index is 1.64. The number of hydrogen-bond acceptors (Lipinski definition) is 0. The summed E-state index contributed by atoms with van der Waals surface area (Å²) in [5.41, 5.74) is 7.84. The molecule has 0 spiro atoms. The molecule has 0 heterocycles. The van der Waals surface area contributed by atoms with Gasteiger partial charge in [-0.15, -0.1) is 0 Å². The summed E-state index contributed by atoms with van der Waals surface area (Å²) in [7, 11) is -0.733. The summed E-state index contributed by atoms with van der Waals surface area (Å²) in [5, 5.41) is 1.67. The predicted molar refractivity (Wildman–Crippen MR) is 151 cm³/mol. The topological polar surface area (TPSA) is 0 Å². The molecule has 5 atom stereocenters. The van der Waals surface area contributed by atoms with Crippen molar-refractivity contribution in [2.45, 2.75) is 96.0 Å². The highest BCUT2D eigenvalue weighted by Gasteiger charge is 2.46. The van der Waals surface area contributed by atoms with Gasteiger partial charge in [-0.1, -0.05) is 103 Å². The molecule has 2 aliphatic rings. The van der Waals surface area contributed by atoms with Crippen LogP contribution in [0.5, 0.6) is 0 Å². The average molecular weight is 465 g/mol. The van der Waals surface area contributed by atoms with Crippen LogP contribution >= 0.6 is 10.0 Å². The minimum Gasteiger partial charge on any atom is -0.237 e. The van der Waals surface area contributed by atoms with Crippen molar-refractivity contribution in [3.05, 3.63) is 59.2 Å². The second-order valence-electron chi connectivity index (χ2n) is 12.8. The van der Waals surface area contributed by atoms with Gasteiger partial charge in [0.05, 0.1) is 0 Å². The van der Waals surface area contributed by atoms with E-state index in [9.17, 15) is 0 Å². The highest BCUT2D eigenvalue weighted by atomic mass is 32.3. The molecule has 0 amide bonds. The van der Waals surface area contributed by atoms with E-state index in [0.717, 1.165) is 28.3 Å². The zero-order valence-corrected chi connectivity index (χ0v) is 23.4. The maximum atomic E-state index is 2.69. The van der Waals surface area contributed by atoms with E-state index in [4.69, 9.17) is 0 Å². The van der Waals surface area contributed by atoms with Crippen molar-refractivity contribution in [1.82, 2.24) is 0 Å². The molecule has 1 saturated carbocycles. The standard InChI is InChI=1S/C32H48S/c1-9-10-12-24-19-22(2)30(21-24)33(7,8)31-23(3)20-29-27(13-11-14-28(29)31)25-15-17-26(18-16-25)32(4,5)6/h11,13-18,22-24,30-31H,9-10,12,19-21H2,1-8H3. The van der Waals surface area contributed by atoms with Crippen LogP contribution in [-0.4, -0.2) is 17.8 Å². The van der Waals surface area contributed by atoms with Crippen LogP contribution in [0.15, 0.2) is 42.5 Å². The van der Waals surface area contributed by atoms with Crippen LogP contribution in [0.3, 0.4) is 0 Å². The van der Waals surface area contributed by atoms with Gasteiger partial charge in [-0.3, -0.25) is 0 Å². The molecular weight excluding hydrogens is 416 g/mol. The van der Waals surface area contributed by atoms with Crippen LogP contribution < -0.4 is 0 Å². The quantitative estimate of drug-likeness (QED) is 0.399. The lowest BCUT2D eigenvalue weighted by Crippen LogP contribution is -2.26. The highest BCUT2D eigenvalue weighted by molar-refractivity contribution is 8.33. The normalized spacial score (nSPS) is 28.2. The van der Waals surface area contributed by atoms with Crippen molar-refractivity contribution in [2.75, 3.05) is 12.5 Å². The minimum absolute atomic E-state index is 0.205. The van der Waals surface area contributed by atoms with E-state index in [2.05, 4.69) is 96.5 Å². The zero-order valence-electron chi connectivity index (χ0n) is 22.6. The molecule has 2 aromatic carbocycles. The molecule has 0 radical (unpaired) electrons. The smallest absolute Gasteiger partial charge is 0.0169 e. The van der Waals surface area contributed by atoms with Gasteiger partial charge in [0.15, 0.2) is 0 Å². The fraction of sp³-hybridized carbons (Fsp3) is 0.625. The van der Waals surface area contributed by atoms with Gasteiger partial charge in [0.1, 0.15) is 0 Å². The van der Waals surface area contributed by atoms with Gasteiger partial charge in [0.25, 0.3) is 0 Å². The largest absolute Gasteiger partial charge is 0.237 e. The molecule has 0 bridgehead atoms. The van der Waals surface area contributed by atoms with Crippen LogP contribution in [0, 0.1) is 17.8 Å². The molecule has 0 nitrogen and oxygen atoms in total. The summed E-state index contributed by atoms with van der Waals surface area (Å²) in [6, 6.07) is 16.6. The Morgan fingerprint density at radius 3 is 2.24 bits per heavy atom. The van der Waals surface area contributed by atoms with Crippen LogP contribution in [0.4, 0.5) is 0 Å². The van der Waals surface area contributed by atoms with Gasteiger partial charge in [0.2, 0.25) is 0 Å². The van der Waals surface area contributed by atoms with Crippen molar-refractivity contribution in [3.63, 3.8) is 0 Å². The van der Waals surface area contributed by atoms with Gasteiger partial charge < -0.3 is 0 Å². The predicted octanol–water partition coefficient (Wildman–Crippen LogP) is 9.55. The first-order chi connectivity index (χ1) is 15.5. The first-order valence-electron chi connectivity index (χ1n) is 13.5. The van der Waals surface area contributed by atoms with Crippen molar-refractivity contribution in [3.8, 4) is 11.1 Å². The lowest BCUT2D eigenvalue weighted by atomic mass is 9.86. The van der Waals surface area contributed by atoms with Gasteiger partial charge in [-0.05, 0) is 88.0 Å². The maximum absolute atomic E-state index is 2.69. The van der Waals surface area contributed by atoms with E-state index in [0.29, 0.717) is 0 Å². The van der Waals surface area contributed by atoms with E-state index in [1.54, 1.807) is 11.1 Å². The van der Waals surface area contributed by atoms with Crippen molar-refractivity contribution in [2.24, 2.45) is 17.8 Å². The Hall–Kier alpha value is -1.21. The van der Waals surface area contributed by atoms with Gasteiger partial charge in [-0.2, -0.15) is 0 Å². The third-order valence-electron chi connectivity index (χ3n) is 8.93. The van der Waals surface area contributed by atoms with E-state index < -0.39 is 10.0 Å². The minimum atomic E-state index is -0.733. The van der Waals surface area contributed by atoms with Crippen LogP contribution in [0.25, 0.3) is 11.1 Å². The summed E-state index contributed by atoms with van der Waals surface area (Å²) in [6.45, 7) is 14.4. The third-order valence-corrected chi connectivity index (χ3v) is 13.2. The monoisotopic (exact) mass is 464 g/mol. The Morgan fingerprint density at radius 1 is 0.909 bits per heavy atom. The number of unbranched alkanes of at least 4 members (excludes halogenated alkanes) is 1. The van der Waals surface area contributed by atoms with Gasteiger partial charge in [-0.25, -0.2) is 10.0 Å². The van der Waals surface area contributed by atoms with Crippen molar-refractivity contribution >= 4 is 10.0 Å². The summed E-state index contributed by atoms with van der Waals surface area (Å²) in [5.74, 6) is 2.61. The van der Waals surface area contributed by atoms with E-state index >= 15 is 0 Å². The second kappa shape index (κ2) is 9.44. The summed E-state index contributed by atoms with van der Waals surface area (Å²) >= 11 is 0. The average Bonchev–Trinajstić information content (AvgIpc) is 3.31. The SMILES string of the molecule is CCCCC1CC(C)C(S(C)(C)C2c3cccc(-c4ccc(C(C)(C)C)cc4)c3CC2C)C1. The third kappa shape index (κ3) is 4.82. The summed E-state index contributed by atoms with van der Waals surface area (Å²) in [6.07, 6.45) is 13.8. The number of benzene rings is 2. The Morgan fingerprint density at radius 2 is 1.61 bits per heavy atom. The molecule has 1 heteroatoms. The first-order valence-corrected chi connectivity index (χ1v) is 16.0. The van der Waals surface area contributed by atoms with Crippen LogP contribution in [0.2, 0.25) is 0 Å². The van der Waals surface area contributed by atoms with Gasteiger partial charge in [0, 0.05) is 5.25 Å². The number of rotatable bonds is 6. The lowest BCUT2D eigenvalue weighted by Gasteiger charge is -2.48. The molecule has 0 N–H and O–H groups in total. The van der Waals surface area contributed by atoms with Crippen molar-refractivity contribution < 1.29 is 0 Å². The molecule has 0 aromatic heterocycles. The molecule has 0 aliphatic heterocycles. The first kappa shape index (κ1) is 24.9. The Bertz CT molecular complexity index is 945. The van der Waals surface area contributed by atoms with Crippen molar-refractivity contribution in [1.29, 1.82) is 0 Å². The zero-order chi connectivity index (χ0) is 24.0. The molecule has 1 fully saturated rings. The number of fused-ring (bicyclic) bond motifs is 1. The highest BCUT2D eigenvalue weighted by Crippen LogP contribution is 2.69. The fourth-order valence-electron chi connectivity index (χ4n) is 7.28. The molecule has 0 saturated heterocycles. The van der Waals surface area contributed by atoms with Crippen LogP contribution in [0.1, 0.15) is 95.6 Å².